The molecule has 2 aromatic heterocycles. The topological polar surface area (TPSA) is 163 Å². The van der Waals surface area contributed by atoms with Gasteiger partial charge in [-0.15, -0.1) is 0 Å². The van der Waals surface area contributed by atoms with Crippen molar-refractivity contribution in [3.63, 3.8) is 0 Å². The summed E-state index contributed by atoms with van der Waals surface area (Å²) in [7, 11) is 7.12. The van der Waals surface area contributed by atoms with Crippen LogP contribution in [0.1, 0.15) is 76.1 Å². The summed E-state index contributed by atoms with van der Waals surface area (Å²) in [6.45, 7) is 10.4. The minimum atomic E-state index is -0.0819. The standard InChI is InChI=1S/C27H30ClN5O2.C26H28ClN5O2/c1-4-32-11-10-20(17-32)33(5-2)27(34)22-16-30-24-8-6-18(14-29)12-21(24)26(22)31-15-19-7-9-25(35-3)23(28)13-19;1-31-10-8-19(9-11-31)32(2)26(33)21-16-29-23-6-4-17(14-28)12-20(23)25(21)30-15-18-5-7-24(34-3)22(27)13-18/h6-9,12-13,16,20H,4-5,10-11,15,17H2,1-3H3,(H,30,31);4-7,12-13,16,19H,8-11,15H2,1-3H3,(H,29,30). The molecule has 2 aliphatic rings. The van der Waals surface area contributed by atoms with E-state index in [4.69, 9.17) is 32.7 Å². The van der Waals surface area contributed by atoms with Gasteiger partial charge in [0.25, 0.3) is 11.8 Å². The maximum absolute atomic E-state index is 13.9. The van der Waals surface area contributed by atoms with E-state index in [0.29, 0.717) is 80.3 Å². The number of ether oxygens (including phenoxy) is 2. The number of likely N-dealkylation sites (N-methyl/N-ethyl adjacent to an activating group) is 2. The number of benzene rings is 4. The van der Waals surface area contributed by atoms with E-state index in [1.54, 1.807) is 56.9 Å². The van der Waals surface area contributed by atoms with Gasteiger partial charge in [-0.25, -0.2) is 0 Å². The van der Waals surface area contributed by atoms with Crippen molar-refractivity contribution in [2.24, 2.45) is 0 Å². The normalized spacial score (nSPS) is 15.1. The second-order valence-electron chi connectivity index (χ2n) is 17.3. The number of fused-ring (bicyclic) bond motifs is 2. The number of nitrogens with one attached hydrogen (secondary N) is 2. The van der Waals surface area contributed by atoms with Crippen LogP contribution in [0.2, 0.25) is 10.0 Å². The fourth-order valence-corrected chi connectivity index (χ4v) is 9.62. The SMILES string of the molecule is CCN1CCC(N(CC)C(=O)c2cnc3ccc(C#N)cc3c2NCc2ccc(OC)c(Cl)c2)C1.COc1ccc(CNc2c(C(=O)N(C)C3CCN(C)CC3)cnc3ccc(C#N)cc23)cc1Cl. The van der Waals surface area contributed by atoms with Crippen LogP contribution in [0.25, 0.3) is 21.8 Å². The Morgan fingerprint density at radius 1 is 0.725 bits per heavy atom. The van der Waals surface area contributed by atoms with Gasteiger partial charge < -0.3 is 39.7 Å². The third kappa shape index (κ3) is 11.6. The predicted molar refractivity (Wildman–Crippen MR) is 273 cm³/mol. The number of pyridine rings is 2. The molecule has 1 atom stereocenters. The highest BCUT2D eigenvalue weighted by molar-refractivity contribution is 6.32. The second kappa shape index (κ2) is 23.1. The molecule has 0 saturated carbocycles. The number of carbonyl (C=O) groups is 2. The number of amides is 2. The number of hydrogen-bond donors (Lipinski definition) is 2. The van der Waals surface area contributed by atoms with Gasteiger partial charge in [-0.05, 0) is 125 Å². The van der Waals surface area contributed by atoms with Gasteiger partial charge in [0.15, 0.2) is 0 Å². The van der Waals surface area contributed by atoms with Crippen molar-refractivity contribution in [1.29, 1.82) is 10.5 Å². The summed E-state index contributed by atoms with van der Waals surface area (Å²) in [6.07, 6.45) is 6.11. The first-order valence-electron chi connectivity index (χ1n) is 23.2. The van der Waals surface area contributed by atoms with Gasteiger partial charge in [0.05, 0.1) is 81.1 Å². The molecule has 1 unspecified atom stereocenters. The van der Waals surface area contributed by atoms with Crippen LogP contribution in [-0.2, 0) is 13.1 Å². The number of rotatable bonds is 14. The third-order valence-electron chi connectivity index (χ3n) is 13.1. The molecule has 0 spiro atoms. The first-order valence-corrected chi connectivity index (χ1v) is 23.9. The lowest BCUT2D eigenvalue weighted by atomic mass is 10.0. The van der Waals surface area contributed by atoms with Crippen molar-refractivity contribution in [1.82, 2.24) is 29.6 Å². The summed E-state index contributed by atoms with van der Waals surface area (Å²) < 4.78 is 10.5. The zero-order chi connectivity index (χ0) is 49.2. The summed E-state index contributed by atoms with van der Waals surface area (Å²) in [5, 5.41) is 28.3. The van der Waals surface area contributed by atoms with Crippen LogP contribution < -0.4 is 20.1 Å². The summed E-state index contributed by atoms with van der Waals surface area (Å²) in [4.78, 5) is 45.0. The molecule has 0 radical (unpaired) electrons. The smallest absolute Gasteiger partial charge is 0.257 e. The fraction of sp³-hybridized carbons (Fsp3) is 0.358. The Hall–Kier alpha value is -6.68. The minimum Gasteiger partial charge on any atom is -0.495 e. The Morgan fingerprint density at radius 2 is 1.22 bits per heavy atom. The van der Waals surface area contributed by atoms with Crippen LogP contribution in [0, 0.1) is 22.7 Å². The van der Waals surface area contributed by atoms with E-state index in [2.05, 4.69) is 56.5 Å². The maximum Gasteiger partial charge on any atom is 0.257 e. The summed E-state index contributed by atoms with van der Waals surface area (Å²) in [5.41, 5.74) is 6.68. The Balaban J connectivity index is 0.000000204. The lowest BCUT2D eigenvalue weighted by Gasteiger charge is -2.35. The van der Waals surface area contributed by atoms with Crippen LogP contribution in [0.15, 0.2) is 85.2 Å². The van der Waals surface area contributed by atoms with Gasteiger partial charge in [-0.1, -0.05) is 42.3 Å². The zero-order valence-electron chi connectivity index (χ0n) is 40.0. The second-order valence-corrected chi connectivity index (χ2v) is 18.1. The molecule has 6 aromatic rings. The van der Waals surface area contributed by atoms with Crippen LogP contribution in [-0.4, -0.2) is 121 Å². The van der Waals surface area contributed by atoms with Crippen LogP contribution in [0.4, 0.5) is 11.4 Å². The monoisotopic (exact) mass is 968 g/mol. The van der Waals surface area contributed by atoms with E-state index in [-0.39, 0.29) is 23.9 Å². The molecule has 0 aliphatic carbocycles. The predicted octanol–water partition coefficient (Wildman–Crippen LogP) is 9.48. The molecular weight excluding hydrogens is 912 g/mol. The molecule has 14 nitrogen and oxygen atoms in total. The molecule has 0 bridgehead atoms. The fourth-order valence-electron chi connectivity index (χ4n) is 9.06. The molecule has 8 rings (SSSR count). The lowest BCUT2D eigenvalue weighted by molar-refractivity contribution is 0.0658. The highest BCUT2D eigenvalue weighted by Crippen LogP contribution is 2.33. The molecule has 358 valence electrons. The quantitative estimate of drug-likeness (QED) is 0.107. The van der Waals surface area contributed by atoms with Crippen molar-refractivity contribution < 1.29 is 19.1 Å². The number of likely N-dealkylation sites (tertiary alicyclic amines) is 2. The third-order valence-corrected chi connectivity index (χ3v) is 13.7. The molecule has 69 heavy (non-hydrogen) atoms. The van der Waals surface area contributed by atoms with Gasteiger partial charge >= 0.3 is 0 Å². The molecule has 2 saturated heterocycles. The number of piperidine rings is 1. The van der Waals surface area contributed by atoms with Crippen molar-refractivity contribution in [3.05, 3.63) is 129 Å². The van der Waals surface area contributed by atoms with Crippen LogP contribution >= 0.6 is 23.2 Å². The Kier molecular flexibility index (Phi) is 16.8. The van der Waals surface area contributed by atoms with E-state index >= 15 is 0 Å². The summed E-state index contributed by atoms with van der Waals surface area (Å²) >= 11 is 12.6. The Morgan fingerprint density at radius 3 is 1.65 bits per heavy atom. The number of halogens is 2. The van der Waals surface area contributed by atoms with Gasteiger partial charge in [-0.3, -0.25) is 19.6 Å². The average molecular weight is 970 g/mol. The average Bonchev–Trinajstić information content (AvgIpc) is 3.86. The highest BCUT2D eigenvalue weighted by atomic mass is 35.5. The molecule has 2 amide bonds. The minimum absolute atomic E-state index is 0.0533. The summed E-state index contributed by atoms with van der Waals surface area (Å²) in [6, 6.07) is 26.5. The van der Waals surface area contributed by atoms with E-state index in [0.717, 1.165) is 79.4 Å². The molecule has 2 N–H and O–H groups in total. The van der Waals surface area contributed by atoms with Gasteiger partial charge in [0, 0.05) is 75.0 Å². The number of nitrogens with zero attached hydrogens (tertiary/aromatic N) is 8. The number of nitriles is 2. The Labute approximate surface area is 414 Å². The van der Waals surface area contributed by atoms with Crippen molar-refractivity contribution >= 4 is 68.2 Å². The molecule has 2 aliphatic heterocycles. The van der Waals surface area contributed by atoms with E-state index < -0.39 is 0 Å². The number of methoxy groups -OCH3 is 2. The van der Waals surface area contributed by atoms with Crippen molar-refractivity contribution in [2.75, 3.05) is 78.2 Å². The molecule has 2 fully saturated rings. The van der Waals surface area contributed by atoms with Crippen molar-refractivity contribution in [3.8, 4) is 23.6 Å². The number of carbonyl (C=O) groups excluding carboxylic acids is 2. The first kappa shape index (κ1) is 50.2. The van der Waals surface area contributed by atoms with E-state index in [1.165, 1.54) is 0 Å². The van der Waals surface area contributed by atoms with Gasteiger partial charge in [0.2, 0.25) is 0 Å². The van der Waals surface area contributed by atoms with Crippen LogP contribution in [0.3, 0.4) is 0 Å². The van der Waals surface area contributed by atoms with Crippen LogP contribution in [0.5, 0.6) is 11.5 Å². The van der Waals surface area contributed by atoms with E-state index in [9.17, 15) is 20.1 Å². The molecule has 4 heterocycles. The number of aromatic nitrogens is 2. The number of anilines is 2. The molecule has 16 heteroatoms. The van der Waals surface area contributed by atoms with Gasteiger partial charge in [-0.2, -0.15) is 10.5 Å². The maximum atomic E-state index is 13.9. The van der Waals surface area contributed by atoms with Crippen molar-refractivity contribution in [2.45, 2.75) is 58.3 Å². The highest BCUT2D eigenvalue weighted by Gasteiger charge is 2.32. The molecule has 4 aromatic carbocycles. The summed E-state index contributed by atoms with van der Waals surface area (Å²) in [5.74, 6) is 1.08. The zero-order valence-corrected chi connectivity index (χ0v) is 41.5. The Bertz CT molecular complexity index is 2910. The van der Waals surface area contributed by atoms with Gasteiger partial charge in [0.1, 0.15) is 11.5 Å². The first-order chi connectivity index (χ1) is 33.4. The lowest BCUT2D eigenvalue weighted by Crippen LogP contribution is -2.44. The van der Waals surface area contributed by atoms with E-state index in [1.807, 2.05) is 66.2 Å². The largest absolute Gasteiger partial charge is 0.495 e. The number of hydrogen-bond acceptors (Lipinski definition) is 12. The molecular formula is C53H58Cl2N10O4.